The highest BCUT2D eigenvalue weighted by Gasteiger charge is 2.23. The molecule has 4 N–H and O–H groups in total. The minimum atomic E-state index is -1.69. The zero-order chi connectivity index (χ0) is 15.3. The monoisotopic (exact) mass is 288 g/mol. The topological polar surface area (TPSA) is 116 Å². The predicted octanol–water partition coefficient (Wildman–Crippen LogP) is 1.01. The van der Waals surface area contributed by atoms with Crippen molar-refractivity contribution in [1.82, 2.24) is 5.32 Å². The number of carbonyl (C=O) groups excluding carboxylic acids is 1. The quantitative estimate of drug-likeness (QED) is 0.645. The Balaban J connectivity index is 2.73. The average Bonchev–Trinajstić information content (AvgIpc) is 2.33. The van der Waals surface area contributed by atoms with Crippen molar-refractivity contribution < 1.29 is 33.4 Å². The number of aliphatic carboxylic acids is 2. The first-order valence-electron chi connectivity index (χ1n) is 5.27. The lowest BCUT2D eigenvalue weighted by Crippen LogP contribution is -2.44. The number of hydrogen-bond acceptors (Lipinski definition) is 3. The summed E-state index contributed by atoms with van der Waals surface area (Å²) in [5.41, 5.74) is -0.498. The highest BCUT2D eigenvalue weighted by Crippen LogP contribution is 2.16. The summed E-state index contributed by atoms with van der Waals surface area (Å²) in [6, 6.07) is 0.181. The number of hydrogen-bond donors (Lipinski definition) is 4. The Hall–Kier alpha value is -2.71. The van der Waals surface area contributed by atoms with Gasteiger partial charge in [0.15, 0.2) is 11.6 Å². The van der Waals surface area contributed by atoms with E-state index in [1.807, 2.05) is 10.6 Å². The number of carbonyl (C=O) groups is 3. The molecule has 0 radical (unpaired) electrons. The van der Waals surface area contributed by atoms with Gasteiger partial charge in [0.05, 0.1) is 12.1 Å². The normalized spacial score (nSPS) is 11.5. The molecule has 1 aromatic carbocycles. The first-order chi connectivity index (χ1) is 9.31. The number of rotatable bonds is 5. The van der Waals surface area contributed by atoms with Crippen LogP contribution in [0.25, 0.3) is 0 Å². The van der Waals surface area contributed by atoms with Crippen LogP contribution in [0, 0.1) is 11.6 Å². The molecule has 0 bridgehead atoms. The highest BCUT2D eigenvalue weighted by atomic mass is 19.2. The van der Waals surface area contributed by atoms with Crippen molar-refractivity contribution in [3.63, 3.8) is 0 Å². The van der Waals surface area contributed by atoms with Gasteiger partial charge in [0.1, 0.15) is 6.04 Å². The van der Waals surface area contributed by atoms with Crippen LogP contribution in [0.5, 0.6) is 0 Å². The molecule has 108 valence electrons. The van der Waals surface area contributed by atoms with Gasteiger partial charge in [0, 0.05) is 0 Å². The summed E-state index contributed by atoms with van der Waals surface area (Å²) in [5, 5.41) is 20.9. The number of anilines is 1. The Labute approximate surface area is 111 Å². The van der Waals surface area contributed by atoms with E-state index in [2.05, 4.69) is 0 Å². The van der Waals surface area contributed by atoms with Crippen molar-refractivity contribution in [2.24, 2.45) is 0 Å². The van der Waals surface area contributed by atoms with Crippen molar-refractivity contribution in [3.8, 4) is 0 Å². The molecule has 0 aliphatic heterocycles. The fraction of sp³-hybridized carbons (Fsp3) is 0.182. The molecule has 0 aliphatic carbocycles. The molecule has 0 heterocycles. The van der Waals surface area contributed by atoms with Crippen LogP contribution in [-0.4, -0.2) is 34.2 Å². The van der Waals surface area contributed by atoms with E-state index in [4.69, 9.17) is 10.2 Å². The third kappa shape index (κ3) is 4.19. The van der Waals surface area contributed by atoms with E-state index in [-0.39, 0.29) is 0 Å². The number of carboxylic acid groups (broad SMARTS) is 2. The Morgan fingerprint density at radius 2 is 1.85 bits per heavy atom. The molecule has 2 amide bonds. The third-order valence-electron chi connectivity index (χ3n) is 2.18. The van der Waals surface area contributed by atoms with Gasteiger partial charge in [-0.2, -0.15) is 0 Å². The number of nitrogens with one attached hydrogen (secondary N) is 2. The molecule has 0 saturated carbocycles. The van der Waals surface area contributed by atoms with Crippen LogP contribution >= 0.6 is 0 Å². The van der Waals surface area contributed by atoms with Crippen molar-refractivity contribution in [2.75, 3.05) is 5.32 Å². The number of benzene rings is 1. The van der Waals surface area contributed by atoms with Crippen molar-refractivity contribution in [3.05, 3.63) is 29.8 Å². The lowest BCUT2D eigenvalue weighted by atomic mass is 10.2. The van der Waals surface area contributed by atoms with Gasteiger partial charge in [-0.05, 0) is 12.1 Å². The molecule has 1 atom stereocenters. The summed E-state index contributed by atoms with van der Waals surface area (Å²) in [6.07, 6.45) is -0.853. The molecule has 0 unspecified atom stereocenters. The molecule has 7 nitrogen and oxygen atoms in total. The fourth-order valence-electron chi connectivity index (χ4n) is 1.29. The molecule has 1 rings (SSSR count). The minimum absolute atomic E-state index is 0.498. The summed E-state index contributed by atoms with van der Waals surface area (Å²) in [7, 11) is 0. The van der Waals surface area contributed by atoms with Crippen molar-refractivity contribution in [1.29, 1.82) is 0 Å². The second-order valence-electron chi connectivity index (χ2n) is 3.69. The van der Waals surface area contributed by atoms with Crippen LogP contribution in [0.15, 0.2) is 18.2 Å². The van der Waals surface area contributed by atoms with Gasteiger partial charge in [0.25, 0.3) is 0 Å². The maximum atomic E-state index is 13.2. The maximum absolute atomic E-state index is 13.2. The van der Waals surface area contributed by atoms with Crippen LogP contribution in [0.1, 0.15) is 6.42 Å². The largest absolute Gasteiger partial charge is 0.481 e. The second kappa shape index (κ2) is 6.45. The minimum Gasteiger partial charge on any atom is -0.481 e. The Bertz CT molecular complexity index is 550. The van der Waals surface area contributed by atoms with Crippen molar-refractivity contribution in [2.45, 2.75) is 12.5 Å². The second-order valence-corrected chi connectivity index (χ2v) is 3.69. The zero-order valence-corrected chi connectivity index (χ0v) is 9.89. The van der Waals surface area contributed by atoms with Crippen LogP contribution in [0.4, 0.5) is 19.3 Å². The Morgan fingerprint density at radius 1 is 1.20 bits per heavy atom. The van der Waals surface area contributed by atoms with E-state index >= 15 is 0 Å². The van der Waals surface area contributed by atoms with E-state index < -0.39 is 47.8 Å². The molecule has 0 spiro atoms. The number of urea groups is 1. The zero-order valence-electron chi connectivity index (χ0n) is 9.89. The maximum Gasteiger partial charge on any atom is 0.326 e. The van der Waals surface area contributed by atoms with Crippen LogP contribution < -0.4 is 10.6 Å². The lowest BCUT2D eigenvalue weighted by molar-refractivity contribution is -0.145. The lowest BCUT2D eigenvalue weighted by Gasteiger charge is -2.13. The van der Waals surface area contributed by atoms with Gasteiger partial charge in [-0.15, -0.1) is 0 Å². The summed E-state index contributed by atoms with van der Waals surface area (Å²) in [4.78, 5) is 32.5. The first-order valence-corrected chi connectivity index (χ1v) is 5.27. The molecule has 0 fully saturated rings. The summed E-state index contributed by atoms with van der Waals surface area (Å²) >= 11 is 0. The first kappa shape index (κ1) is 15.3. The smallest absolute Gasteiger partial charge is 0.326 e. The summed E-state index contributed by atoms with van der Waals surface area (Å²) in [5.74, 6) is -5.51. The number of amides is 2. The molecule has 9 heteroatoms. The molecular weight excluding hydrogens is 278 g/mol. The van der Waals surface area contributed by atoms with E-state index in [1.54, 1.807) is 0 Å². The van der Waals surface area contributed by atoms with Gasteiger partial charge in [0.2, 0.25) is 0 Å². The number of halogens is 2. The van der Waals surface area contributed by atoms with Gasteiger partial charge >= 0.3 is 18.0 Å². The van der Waals surface area contributed by atoms with Crippen LogP contribution in [0.2, 0.25) is 0 Å². The summed E-state index contributed by atoms with van der Waals surface area (Å²) in [6.45, 7) is 0. The van der Waals surface area contributed by atoms with Crippen molar-refractivity contribution >= 4 is 23.7 Å². The molecule has 0 aliphatic rings. The van der Waals surface area contributed by atoms with E-state index in [0.717, 1.165) is 18.2 Å². The van der Waals surface area contributed by atoms with Gasteiger partial charge in [-0.3, -0.25) is 4.79 Å². The van der Waals surface area contributed by atoms with Crippen LogP contribution in [-0.2, 0) is 9.59 Å². The van der Waals surface area contributed by atoms with E-state index in [1.165, 1.54) is 0 Å². The Kier molecular flexibility index (Phi) is 4.95. The molecular formula is C11H10F2N2O5. The molecule has 0 saturated heterocycles. The van der Waals surface area contributed by atoms with Gasteiger partial charge < -0.3 is 20.8 Å². The molecule has 1 aromatic rings. The van der Waals surface area contributed by atoms with Crippen LogP contribution in [0.3, 0.4) is 0 Å². The average molecular weight is 288 g/mol. The van der Waals surface area contributed by atoms with Gasteiger partial charge in [-0.25, -0.2) is 18.4 Å². The Morgan fingerprint density at radius 3 is 2.40 bits per heavy atom. The van der Waals surface area contributed by atoms with E-state index in [9.17, 15) is 23.2 Å². The standard InChI is InChI=1S/C11H10F2N2O5/c12-5-2-1-3-6(9(5)13)14-11(20)15-7(10(18)19)4-8(16)17/h1-3,7H,4H2,(H,16,17)(H,18,19)(H2,14,15,20)/t7-/m1/s1. The molecule has 20 heavy (non-hydrogen) atoms. The fourth-order valence-corrected chi connectivity index (χ4v) is 1.29. The SMILES string of the molecule is O=C(O)C[C@@H](NC(=O)Nc1cccc(F)c1F)C(=O)O. The third-order valence-corrected chi connectivity index (χ3v) is 2.18. The predicted molar refractivity (Wildman–Crippen MR) is 62.2 cm³/mol. The van der Waals surface area contributed by atoms with Gasteiger partial charge in [-0.1, -0.05) is 6.07 Å². The summed E-state index contributed by atoms with van der Waals surface area (Å²) < 4.78 is 26.1. The van der Waals surface area contributed by atoms with E-state index in [0.29, 0.717) is 0 Å². The highest BCUT2D eigenvalue weighted by molar-refractivity contribution is 5.93. The molecule has 0 aromatic heterocycles. The number of carboxylic acids is 2.